The van der Waals surface area contributed by atoms with Gasteiger partial charge < -0.3 is 4.74 Å². The molecule has 0 aliphatic carbocycles. The van der Waals surface area contributed by atoms with Crippen LogP contribution in [0.5, 0.6) is 0 Å². The SMILES string of the molecule is O=C(OCCCn1cnc2ccccc2c1=O)c1ccccc1[N+](=O)[O-]. The van der Waals surface area contributed by atoms with Crippen LogP contribution >= 0.6 is 0 Å². The van der Waals surface area contributed by atoms with Crippen LogP contribution in [-0.2, 0) is 11.3 Å². The molecule has 8 heteroatoms. The molecular formula is C18H15N3O5. The zero-order chi connectivity index (χ0) is 18.5. The highest BCUT2D eigenvalue weighted by Gasteiger charge is 2.20. The van der Waals surface area contributed by atoms with Gasteiger partial charge in [-0.1, -0.05) is 24.3 Å². The number of fused-ring (bicyclic) bond motifs is 1. The highest BCUT2D eigenvalue weighted by molar-refractivity contribution is 5.93. The first-order chi connectivity index (χ1) is 12.6. The number of aromatic nitrogens is 2. The number of nitro benzene ring substituents is 1. The van der Waals surface area contributed by atoms with Crippen LogP contribution in [0.1, 0.15) is 16.8 Å². The Kier molecular flexibility index (Phi) is 5.02. The Morgan fingerprint density at radius 2 is 1.88 bits per heavy atom. The summed E-state index contributed by atoms with van der Waals surface area (Å²) >= 11 is 0. The van der Waals surface area contributed by atoms with Crippen LogP contribution in [0.4, 0.5) is 5.69 Å². The maximum absolute atomic E-state index is 12.3. The molecule has 0 saturated heterocycles. The second-order valence-corrected chi connectivity index (χ2v) is 5.52. The van der Waals surface area contributed by atoms with Crippen LogP contribution in [0.3, 0.4) is 0 Å². The Bertz CT molecular complexity index is 1030. The molecule has 26 heavy (non-hydrogen) atoms. The molecule has 0 aliphatic rings. The highest BCUT2D eigenvalue weighted by Crippen LogP contribution is 2.18. The van der Waals surface area contributed by atoms with Crippen LogP contribution in [0, 0.1) is 10.1 Å². The maximum Gasteiger partial charge on any atom is 0.345 e. The molecule has 0 amide bonds. The van der Waals surface area contributed by atoms with Crippen molar-refractivity contribution in [1.82, 2.24) is 9.55 Å². The van der Waals surface area contributed by atoms with Crippen molar-refractivity contribution in [2.24, 2.45) is 0 Å². The van der Waals surface area contributed by atoms with E-state index in [1.165, 1.54) is 35.2 Å². The van der Waals surface area contributed by atoms with Gasteiger partial charge in [-0.3, -0.25) is 19.5 Å². The molecule has 2 aromatic carbocycles. The first kappa shape index (κ1) is 17.3. The summed E-state index contributed by atoms with van der Waals surface area (Å²) in [5, 5.41) is 11.5. The van der Waals surface area contributed by atoms with E-state index in [9.17, 15) is 19.7 Å². The summed E-state index contributed by atoms with van der Waals surface area (Å²) in [5.74, 6) is -0.763. The molecule has 0 saturated carbocycles. The van der Waals surface area contributed by atoms with E-state index in [1.54, 1.807) is 24.3 Å². The Morgan fingerprint density at radius 3 is 2.69 bits per heavy atom. The molecule has 3 rings (SSSR count). The second-order valence-electron chi connectivity index (χ2n) is 5.52. The summed E-state index contributed by atoms with van der Waals surface area (Å²) in [6, 6.07) is 12.6. The second kappa shape index (κ2) is 7.56. The van der Waals surface area contributed by atoms with Gasteiger partial charge in [-0.05, 0) is 24.6 Å². The van der Waals surface area contributed by atoms with Gasteiger partial charge in [-0.15, -0.1) is 0 Å². The average Bonchev–Trinajstić information content (AvgIpc) is 2.66. The van der Waals surface area contributed by atoms with E-state index in [1.807, 2.05) is 0 Å². The lowest BCUT2D eigenvalue weighted by Crippen LogP contribution is -2.21. The summed E-state index contributed by atoms with van der Waals surface area (Å²) in [6.45, 7) is 0.352. The molecule has 0 radical (unpaired) electrons. The minimum Gasteiger partial charge on any atom is -0.462 e. The quantitative estimate of drug-likeness (QED) is 0.292. The van der Waals surface area contributed by atoms with E-state index in [4.69, 9.17) is 4.74 Å². The van der Waals surface area contributed by atoms with E-state index in [-0.39, 0.29) is 23.4 Å². The number of esters is 1. The van der Waals surface area contributed by atoms with Gasteiger partial charge in [0.05, 0.1) is 28.8 Å². The number of nitro groups is 1. The number of nitrogens with zero attached hydrogens (tertiary/aromatic N) is 3. The monoisotopic (exact) mass is 353 g/mol. The van der Waals surface area contributed by atoms with Gasteiger partial charge in [0, 0.05) is 12.6 Å². The Balaban J connectivity index is 1.61. The van der Waals surface area contributed by atoms with E-state index in [2.05, 4.69) is 4.98 Å². The zero-order valence-corrected chi connectivity index (χ0v) is 13.7. The molecule has 1 heterocycles. The summed E-state index contributed by atoms with van der Waals surface area (Å²) in [5.41, 5.74) is 0.0617. The van der Waals surface area contributed by atoms with Gasteiger partial charge in [0.15, 0.2) is 0 Å². The third-order valence-corrected chi connectivity index (χ3v) is 3.83. The molecular weight excluding hydrogens is 338 g/mol. The van der Waals surface area contributed by atoms with Crippen molar-refractivity contribution in [3.8, 4) is 0 Å². The van der Waals surface area contributed by atoms with Gasteiger partial charge in [0.25, 0.3) is 11.2 Å². The topological polar surface area (TPSA) is 104 Å². The van der Waals surface area contributed by atoms with Crippen LogP contribution in [-0.4, -0.2) is 27.1 Å². The lowest BCUT2D eigenvalue weighted by Gasteiger charge is -2.08. The number of hydrogen-bond acceptors (Lipinski definition) is 6. The molecule has 0 spiro atoms. The summed E-state index contributed by atoms with van der Waals surface area (Å²) < 4.78 is 6.53. The molecule has 132 valence electrons. The van der Waals surface area contributed by atoms with Crippen molar-refractivity contribution in [3.63, 3.8) is 0 Å². The van der Waals surface area contributed by atoms with Gasteiger partial charge >= 0.3 is 5.97 Å². The van der Waals surface area contributed by atoms with Gasteiger partial charge in [0.2, 0.25) is 0 Å². The standard InChI is InChI=1S/C18H15N3O5/c22-17-13-6-1-3-8-15(13)19-12-20(17)10-5-11-26-18(23)14-7-2-4-9-16(14)21(24)25/h1-4,6-9,12H,5,10-11H2. The van der Waals surface area contributed by atoms with Crippen LogP contribution < -0.4 is 5.56 Å². The Hall–Kier alpha value is -3.55. The molecule has 1 aromatic heterocycles. The number of hydrogen-bond donors (Lipinski definition) is 0. The van der Waals surface area contributed by atoms with Crippen molar-refractivity contribution < 1.29 is 14.5 Å². The minimum absolute atomic E-state index is 0.0319. The molecule has 0 N–H and O–H groups in total. The largest absolute Gasteiger partial charge is 0.462 e. The van der Waals surface area contributed by atoms with Crippen molar-refractivity contribution in [1.29, 1.82) is 0 Å². The number of ether oxygens (including phenoxy) is 1. The van der Waals surface area contributed by atoms with Crippen LogP contribution in [0.15, 0.2) is 59.7 Å². The molecule has 0 atom stereocenters. The Labute approximate surface area is 147 Å². The molecule has 0 unspecified atom stereocenters. The summed E-state index contributed by atoms with van der Waals surface area (Å²) in [6.07, 6.45) is 1.83. The van der Waals surface area contributed by atoms with Gasteiger partial charge in [0.1, 0.15) is 5.56 Å². The number of carbonyl (C=O) groups excluding carboxylic acids is 1. The van der Waals surface area contributed by atoms with E-state index < -0.39 is 10.9 Å². The fourth-order valence-electron chi connectivity index (χ4n) is 2.55. The molecule has 8 nitrogen and oxygen atoms in total. The molecule has 0 fully saturated rings. The Morgan fingerprint density at radius 1 is 1.15 bits per heavy atom. The number of aryl methyl sites for hydroxylation is 1. The van der Waals surface area contributed by atoms with Gasteiger partial charge in [-0.2, -0.15) is 0 Å². The van der Waals surface area contributed by atoms with Crippen molar-refractivity contribution in [2.75, 3.05) is 6.61 Å². The van der Waals surface area contributed by atoms with Crippen LogP contribution in [0.25, 0.3) is 10.9 Å². The summed E-state index contributed by atoms with van der Waals surface area (Å²) in [7, 11) is 0. The van der Waals surface area contributed by atoms with Crippen molar-refractivity contribution in [2.45, 2.75) is 13.0 Å². The maximum atomic E-state index is 12.3. The van der Waals surface area contributed by atoms with Crippen molar-refractivity contribution >= 4 is 22.6 Å². The number of benzene rings is 2. The lowest BCUT2D eigenvalue weighted by molar-refractivity contribution is -0.385. The molecule has 0 bridgehead atoms. The van der Waals surface area contributed by atoms with E-state index in [0.29, 0.717) is 23.9 Å². The first-order valence-electron chi connectivity index (χ1n) is 7.92. The normalized spacial score (nSPS) is 10.6. The highest BCUT2D eigenvalue weighted by atomic mass is 16.6. The number of rotatable bonds is 6. The third kappa shape index (κ3) is 3.59. The smallest absolute Gasteiger partial charge is 0.345 e. The fourth-order valence-corrected chi connectivity index (χ4v) is 2.55. The third-order valence-electron chi connectivity index (χ3n) is 3.83. The summed E-state index contributed by atoms with van der Waals surface area (Å²) in [4.78, 5) is 38.9. The molecule has 0 aliphatic heterocycles. The molecule has 3 aromatic rings. The lowest BCUT2D eigenvalue weighted by atomic mass is 10.2. The predicted molar refractivity (Wildman–Crippen MR) is 94.0 cm³/mol. The number of para-hydroxylation sites is 2. The average molecular weight is 353 g/mol. The van der Waals surface area contributed by atoms with E-state index in [0.717, 1.165) is 0 Å². The van der Waals surface area contributed by atoms with E-state index >= 15 is 0 Å². The van der Waals surface area contributed by atoms with Crippen LogP contribution in [0.2, 0.25) is 0 Å². The minimum atomic E-state index is -0.763. The first-order valence-corrected chi connectivity index (χ1v) is 7.92. The zero-order valence-electron chi connectivity index (χ0n) is 13.7. The predicted octanol–water partition coefficient (Wildman–Crippen LogP) is 2.55. The van der Waals surface area contributed by atoms with Crippen molar-refractivity contribution in [3.05, 3.63) is 80.9 Å². The van der Waals surface area contributed by atoms with Gasteiger partial charge in [-0.25, -0.2) is 9.78 Å². The fraction of sp³-hybridized carbons (Fsp3) is 0.167. The number of carbonyl (C=O) groups is 1.